The third kappa shape index (κ3) is 1.54. The summed E-state index contributed by atoms with van der Waals surface area (Å²) < 4.78 is 5.37. The van der Waals surface area contributed by atoms with Crippen LogP contribution >= 0.6 is 0 Å². The molecule has 1 rings (SSSR count). The van der Waals surface area contributed by atoms with Crippen molar-refractivity contribution in [1.82, 2.24) is 0 Å². The fraction of sp³-hybridized carbons (Fsp3) is 0.778. The second-order valence-electron chi connectivity index (χ2n) is 3.42. The third-order valence-electron chi connectivity index (χ3n) is 2.79. The van der Waals surface area contributed by atoms with Crippen molar-refractivity contribution in [3.8, 4) is 0 Å². The predicted octanol–water partition coefficient (Wildman–Crippen LogP) is -0.185. The summed E-state index contributed by atoms with van der Waals surface area (Å²) in [5.74, 6) is -0.299. The Balaban J connectivity index is 2.86. The van der Waals surface area contributed by atoms with Gasteiger partial charge < -0.3 is 14.9 Å². The van der Waals surface area contributed by atoms with E-state index in [1.54, 1.807) is 6.08 Å². The molecule has 72 valence electrons. The highest BCUT2D eigenvalue weighted by atomic mass is 16.5. The lowest BCUT2D eigenvalue weighted by Crippen LogP contribution is -2.44. The van der Waals surface area contributed by atoms with E-state index < -0.39 is 17.7 Å². The monoisotopic (exact) mass is 182 g/mol. The zero-order chi connectivity index (χ0) is 10.1. The Bertz CT molecular complexity index is 191. The maximum atomic E-state index is 9.83. The van der Waals surface area contributed by atoms with Crippen LogP contribution in [-0.2, 0) is 4.74 Å². The molecule has 1 fully saturated rings. The average Bonchev–Trinajstić information content (AvgIpc) is 2.38. The van der Waals surface area contributed by atoms with Crippen molar-refractivity contribution in [3.05, 3.63) is 12.7 Å². The standard InChI is InChI=1S/C9H15BO3/c1-3-6-7(12)9(4-2,5-11)13-8(6)10/h3,6-8,11-12H,1,4-5H2,2H3/t6-,7-,8-,9-/m1/s1. The minimum absolute atomic E-state index is 0.220. The minimum Gasteiger partial charge on any atom is -0.393 e. The number of hydrogen-bond donors (Lipinski definition) is 2. The van der Waals surface area contributed by atoms with Crippen molar-refractivity contribution >= 4 is 7.85 Å². The Labute approximate surface area is 79.8 Å². The molecule has 0 amide bonds. The summed E-state index contributed by atoms with van der Waals surface area (Å²) in [6, 6.07) is -0.570. The van der Waals surface area contributed by atoms with Crippen LogP contribution in [0.5, 0.6) is 0 Å². The molecule has 3 nitrogen and oxygen atoms in total. The molecular formula is C9H15BO3. The van der Waals surface area contributed by atoms with Crippen LogP contribution in [0.25, 0.3) is 0 Å². The maximum absolute atomic E-state index is 9.83. The number of aliphatic hydroxyl groups is 2. The first-order valence-electron chi connectivity index (χ1n) is 4.46. The zero-order valence-corrected chi connectivity index (χ0v) is 7.81. The Morgan fingerprint density at radius 2 is 2.31 bits per heavy atom. The topological polar surface area (TPSA) is 49.7 Å². The minimum atomic E-state index is -0.904. The summed E-state index contributed by atoms with van der Waals surface area (Å²) in [6.45, 7) is 5.20. The zero-order valence-electron chi connectivity index (χ0n) is 7.81. The van der Waals surface area contributed by atoms with E-state index in [1.165, 1.54) is 0 Å². The molecule has 0 aromatic rings. The summed E-state index contributed by atoms with van der Waals surface area (Å²) in [5.41, 5.74) is -0.904. The van der Waals surface area contributed by atoms with E-state index in [0.717, 1.165) is 0 Å². The summed E-state index contributed by atoms with van der Waals surface area (Å²) in [7, 11) is 5.64. The van der Waals surface area contributed by atoms with Crippen LogP contribution in [0.1, 0.15) is 13.3 Å². The van der Waals surface area contributed by atoms with Crippen LogP contribution in [-0.4, -0.2) is 42.4 Å². The molecule has 0 aromatic carbocycles. The molecule has 2 radical (unpaired) electrons. The van der Waals surface area contributed by atoms with E-state index in [9.17, 15) is 5.11 Å². The Hall–Kier alpha value is -0.315. The molecule has 1 aliphatic rings. The SMILES string of the molecule is [B][C@@H]1O[C@](CC)(CO)[C@H](O)[C@H]1C=C. The van der Waals surface area contributed by atoms with E-state index >= 15 is 0 Å². The molecule has 0 aliphatic carbocycles. The first-order valence-corrected chi connectivity index (χ1v) is 4.46. The van der Waals surface area contributed by atoms with Crippen LogP contribution in [0.4, 0.5) is 0 Å². The van der Waals surface area contributed by atoms with Gasteiger partial charge in [0.05, 0.1) is 12.7 Å². The van der Waals surface area contributed by atoms with Crippen LogP contribution < -0.4 is 0 Å². The van der Waals surface area contributed by atoms with Gasteiger partial charge in [-0.25, -0.2) is 0 Å². The maximum Gasteiger partial charge on any atom is 0.117 e. The molecule has 0 unspecified atom stereocenters. The Morgan fingerprint density at radius 1 is 1.69 bits per heavy atom. The van der Waals surface area contributed by atoms with E-state index in [-0.39, 0.29) is 12.5 Å². The van der Waals surface area contributed by atoms with Crippen LogP contribution in [0.15, 0.2) is 12.7 Å². The smallest absolute Gasteiger partial charge is 0.117 e. The van der Waals surface area contributed by atoms with Gasteiger partial charge in [0, 0.05) is 11.9 Å². The van der Waals surface area contributed by atoms with Crippen molar-refractivity contribution < 1.29 is 14.9 Å². The van der Waals surface area contributed by atoms with Gasteiger partial charge in [0.25, 0.3) is 0 Å². The van der Waals surface area contributed by atoms with Crippen molar-refractivity contribution in [2.45, 2.75) is 31.1 Å². The quantitative estimate of drug-likeness (QED) is 0.470. The molecule has 1 heterocycles. The molecule has 4 heteroatoms. The Kier molecular flexibility index (Phi) is 3.16. The van der Waals surface area contributed by atoms with Crippen LogP contribution in [0.3, 0.4) is 0 Å². The highest BCUT2D eigenvalue weighted by molar-refractivity contribution is 6.11. The van der Waals surface area contributed by atoms with Crippen molar-refractivity contribution in [2.75, 3.05) is 6.61 Å². The van der Waals surface area contributed by atoms with Crippen molar-refractivity contribution in [3.63, 3.8) is 0 Å². The second kappa shape index (κ2) is 3.82. The van der Waals surface area contributed by atoms with Gasteiger partial charge in [0.2, 0.25) is 0 Å². The van der Waals surface area contributed by atoms with Gasteiger partial charge in [-0.2, -0.15) is 0 Å². The van der Waals surface area contributed by atoms with Crippen LogP contribution in [0, 0.1) is 5.92 Å². The fourth-order valence-electron chi connectivity index (χ4n) is 1.75. The molecule has 2 N–H and O–H groups in total. The van der Waals surface area contributed by atoms with Gasteiger partial charge in [-0.3, -0.25) is 0 Å². The van der Waals surface area contributed by atoms with Gasteiger partial charge in [-0.05, 0) is 6.42 Å². The predicted molar refractivity (Wildman–Crippen MR) is 50.4 cm³/mol. The molecule has 0 spiro atoms. The molecule has 1 aliphatic heterocycles. The van der Waals surface area contributed by atoms with Crippen molar-refractivity contribution in [1.29, 1.82) is 0 Å². The van der Waals surface area contributed by atoms with Gasteiger partial charge in [-0.1, -0.05) is 13.0 Å². The summed E-state index contributed by atoms with van der Waals surface area (Å²) >= 11 is 0. The largest absolute Gasteiger partial charge is 0.393 e. The molecular weight excluding hydrogens is 167 g/mol. The lowest BCUT2D eigenvalue weighted by Gasteiger charge is -2.29. The third-order valence-corrected chi connectivity index (χ3v) is 2.79. The molecule has 0 bridgehead atoms. The number of hydrogen-bond acceptors (Lipinski definition) is 3. The number of rotatable bonds is 3. The van der Waals surface area contributed by atoms with E-state index in [1.807, 2.05) is 6.92 Å². The van der Waals surface area contributed by atoms with Gasteiger partial charge in [-0.15, -0.1) is 6.58 Å². The van der Waals surface area contributed by atoms with E-state index in [4.69, 9.17) is 17.7 Å². The Morgan fingerprint density at radius 3 is 2.54 bits per heavy atom. The van der Waals surface area contributed by atoms with E-state index in [0.29, 0.717) is 6.42 Å². The summed E-state index contributed by atoms with van der Waals surface area (Å²) in [4.78, 5) is 0. The van der Waals surface area contributed by atoms with E-state index in [2.05, 4.69) is 6.58 Å². The molecule has 4 atom stereocenters. The lowest BCUT2D eigenvalue weighted by atomic mass is 9.81. The first kappa shape index (κ1) is 10.8. The van der Waals surface area contributed by atoms with Crippen molar-refractivity contribution in [2.24, 2.45) is 5.92 Å². The van der Waals surface area contributed by atoms with Gasteiger partial charge in [0.1, 0.15) is 13.4 Å². The number of ether oxygens (including phenoxy) is 1. The lowest BCUT2D eigenvalue weighted by molar-refractivity contribution is -0.0997. The highest BCUT2D eigenvalue weighted by Gasteiger charge is 2.49. The molecule has 1 saturated heterocycles. The van der Waals surface area contributed by atoms with Gasteiger partial charge in [0.15, 0.2) is 0 Å². The van der Waals surface area contributed by atoms with Crippen LogP contribution in [0.2, 0.25) is 0 Å². The number of aliphatic hydroxyl groups excluding tert-OH is 2. The summed E-state index contributed by atoms with van der Waals surface area (Å²) in [6.07, 6.45) is 1.33. The second-order valence-corrected chi connectivity index (χ2v) is 3.42. The molecule has 0 aromatic heterocycles. The highest BCUT2D eigenvalue weighted by Crippen LogP contribution is 2.36. The first-order chi connectivity index (χ1) is 6.11. The normalized spacial score (nSPS) is 45.0. The molecule has 0 saturated carbocycles. The molecule has 13 heavy (non-hydrogen) atoms. The fourth-order valence-corrected chi connectivity index (χ4v) is 1.75. The van der Waals surface area contributed by atoms with Gasteiger partial charge >= 0.3 is 0 Å². The average molecular weight is 182 g/mol. The summed E-state index contributed by atoms with van der Waals surface area (Å²) in [5, 5.41) is 19.0.